The number of carbonyl (C=O) groups excluding carboxylic acids is 1. The van der Waals surface area contributed by atoms with Crippen LogP contribution >= 0.6 is 0 Å². The van der Waals surface area contributed by atoms with Crippen molar-refractivity contribution >= 4 is 21.7 Å². The number of carbonyl (C=O) groups is 1. The predicted octanol–water partition coefficient (Wildman–Crippen LogP) is 0.530. The second-order valence-electron chi connectivity index (χ2n) is 3.80. The van der Waals surface area contributed by atoms with Gasteiger partial charge in [-0.15, -0.1) is 6.58 Å². The first-order valence-electron chi connectivity index (χ1n) is 5.39. The molecule has 0 aliphatic heterocycles. The van der Waals surface area contributed by atoms with Gasteiger partial charge in [-0.25, -0.2) is 8.42 Å². The molecule has 102 valence electrons. The van der Waals surface area contributed by atoms with Crippen LogP contribution in [0.4, 0.5) is 0 Å². The number of guanidine groups is 1. The first kappa shape index (κ1) is 14.9. The molecule has 6 nitrogen and oxygen atoms in total. The first-order chi connectivity index (χ1) is 8.84. The molecule has 0 aromatic heterocycles. The Kier molecular flexibility index (Phi) is 4.82. The molecular formula is C12H15N3O3S. The molecule has 0 spiro atoms. The molecular weight excluding hydrogens is 266 g/mol. The number of nitrogens with one attached hydrogen (secondary N) is 3. The Morgan fingerprint density at radius 3 is 2.74 bits per heavy atom. The Bertz CT molecular complexity index is 608. The lowest BCUT2D eigenvalue weighted by molar-refractivity contribution is 0.0975. The van der Waals surface area contributed by atoms with Gasteiger partial charge in [0, 0.05) is 18.4 Å². The molecule has 19 heavy (non-hydrogen) atoms. The van der Waals surface area contributed by atoms with Crippen LogP contribution in [0.1, 0.15) is 10.4 Å². The van der Waals surface area contributed by atoms with Gasteiger partial charge in [0.2, 0.25) is 0 Å². The van der Waals surface area contributed by atoms with Crippen molar-refractivity contribution in [3.05, 3.63) is 42.5 Å². The van der Waals surface area contributed by atoms with Crippen molar-refractivity contribution in [2.24, 2.45) is 0 Å². The lowest BCUT2D eigenvalue weighted by atomic mass is 10.2. The summed E-state index contributed by atoms with van der Waals surface area (Å²) < 4.78 is 22.7. The molecule has 0 radical (unpaired) electrons. The van der Waals surface area contributed by atoms with Crippen LogP contribution in [-0.2, 0) is 9.84 Å². The van der Waals surface area contributed by atoms with Crippen molar-refractivity contribution in [3.63, 3.8) is 0 Å². The van der Waals surface area contributed by atoms with Crippen molar-refractivity contribution in [2.45, 2.75) is 4.90 Å². The summed E-state index contributed by atoms with van der Waals surface area (Å²) in [6, 6.07) is 5.63. The summed E-state index contributed by atoms with van der Waals surface area (Å²) in [7, 11) is -3.36. The minimum absolute atomic E-state index is 0.0609. The summed E-state index contributed by atoms with van der Waals surface area (Å²) in [6.45, 7) is 3.82. The standard InChI is InChI=1S/C12H15N3O3S/c1-3-7-14-12(13)15-11(16)9-5-4-6-10(8-9)19(2,17)18/h3-6,8H,1,7H2,2H3,(H3,13,14,15,16). The molecule has 0 aliphatic carbocycles. The summed E-state index contributed by atoms with van der Waals surface area (Å²) in [5.41, 5.74) is 0.174. The molecule has 0 fully saturated rings. The Morgan fingerprint density at radius 1 is 1.47 bits per heavy atom. The predicted molar refractivity (Wildman–Crippen MR) is 72.9 cm³/mol. The van der Waals surface area contributed by atoms with Crippen LogP contribution in [-0.4, -0.2) is 33.1 Å². The fourth-order valence-electron chi connectivity index (χ4n) is 1.27. The summed E-state index contributed by atoms with van der Waals surface area (Å²) in [5, 5.41) is 12.3. The molecule has 1 aromatic carbocycles. The molecule has 1 rings (SSSR count). The summed E-state index contributed by atoms with van der Waals surface area (Å²) in [4.78, 5) is 11.8. The highest BCUT2D eigenvalue weighted by molar-refractivity contribution is 7.90. The van der Waals surface area contributed by atoms with Crippen LogP contribution in [0.25, 0.3) is 0 Å². The van der Waals surface area contributed by atoms with Crippen molar-refractivity contribution < 1.29 is 13.2 Å². The van der Waals surface area contributed by atoms with E-state index in [4.69, 9.17) is 5.41 Å². The summed E-state index contributed by atoms with van der Waals surface area (Å²) >= 11 is 0. The summed E-state index contributed by atoms with van der Waals surface area (Å²) in [6.07, 6.45) is 2.61. The number of sulfone groups is 1. The van der Waals surface area contributed by atoms with Gasteiger partial charge in [0.15, 0.2) is 15.8 Å². The zero-order valence-corrected chi connectivity index (χ0v) is 11.3. The smallest absolute Gasteiger partial charge is 0.257 e. The molecule has 7 heteroatoms. The highest BCUT2D eigenvalue weighted by Crippen LogP contribution is 2.11. The third kappa shape index (κ3) is 4.55. The minimum Gasteiger partial charge on any atom is -0.353 e. The third-order valence-corrected chi connectivity index (χ3v) is 3.30. The van der Waals surface area contributed by atoms with Gasteiger partial charge < -0.3 is 5.32 Å². The van der Waals surface area contributed by atoms with Crippen LogP contribution < -0.4 is 10.6 Å². The van der Waals surface area contributed by atoms with Crippen LogP contribution in [0.2, 0.25) is 0 Å². The fourth-order valence-corrected chi connectivity index (χ4v) is 1.94. The van der Waals surface area contributed by atoms with E-state index >= 15 is 0 Å². The molecule has 0 heterocycles. The van der Waals surface area contributed by atoms with E-state index in [1.165, 1.54) is 24.3 Å². The maximum absolute atomic E-state index is 11.8. The molecule has 0 saturated carbocycles. The second kappa shape index (κ2) is 6.14. The Balaban J connectivity index is 2.83. The minimum atomic E-state index is -3.36. The maximum Gasteiger partial charge on any atom is 0.257 e. The molecule has 0 bridgehead atoms. The zero-order chi connectivity index (χ0) is 14.5. The van der Waals surface area contributed by atoms with E-state index in [-0.39, 0.29) is 16.4 Å². The van der Waals surface area contributed by atoms with Crippen LogP contribution in [0.5, 0.6) is 0 Å². The van der Waals surface area contributed by atoms with E-state index in [0.29, 0.717) is 6.54 Å². The number of hydrogen-bond donors (Lipinski definition) is 3. The molecule has 3 N–H and O–H groups in total. The van der Waals surface area contributed by atoms with Gasteiger partial charge in [0.25, 0.3) is 5.91 Å². The van der Waals surface area contributed by atoms with Gasteiger partial charge in [-0.3, -0.25) is 15.5 Å². The van der Waals surface area contributed by atoms with E-state index in [1.54, 1.807) is 6.08 Å². The molecule has 0 atom stereocenters. The van der Waals surface area contributed by atoms with Gasteiger partial charge >= 0.3 is 0 Å². The van der Waals surface area contributed by atoms with Crippen molar-refractivity contribution in [1.29, 1.82) is 5.41 Å². The van der Waals surface area contributed by atoms with Gasteiger partial charge in [-0.1, -0.05) is 12.1 Å². The Morgan fingerprint density at radius 2 is 2.16 bits per heavy atom. The maximum atomic E-state index is 11.8. The lowest BCUT2D eigenvalue weighted by Gasteiger charge is -2.08. The molecule has 0 saturated heterocycles. The highest BCUT2D eigenvalue weighted by atomic mass is 32.2. The molecule has 0 aliphatic rings. The van der Waals surface area contributed by atoms with Gasteiger partial charge in [-0.2, -0.15) is 0 Å². The molecule has 1 aromatic rings. The van der Waals surface area contributed by atoms with E-state index in [1.807, 2.05) is 0 Å². The van der Waals surface area contributed by atoms with E-state index in [2.05, 4.69) is 17.2 Å². The number of hydrogen-bond acceptors (Lipinski definition) is 4. The van der Waals surface area contributed by atoms with E-state index < -0.39 is 15.7 Å². The first-order valence-corrected chi connectivity index (χ1v) is 7.28. The van der Waals surface area contributed by atoms with Gasteiger partial charge in [-0.05, 0) is 18.2 Å². The second-order valence-corrected chi connectivity index (χ2v) is 5.81. The van der Waals surface area contributed by atoms with Gasteiger partial charge in [0.05, 0.1) is 4.90 Å². The van der Waals surface area contributed by atoms with Crippen LogP contribution in [0.15, 0.2) is 41.8 Å². The fraction of sp³-hybridized carbons (Fsp3) is 0.167. The average Bonchev–Trinajstić information content (AvgIpc) is 2.35. The van der Waals surface area contributed by atoms with E-state index in [9.17, 15) is 13.2 Å². The van der Waals surface area contributed by atoms with Crippen molar-refractivity contribution in [1.82, 2.24) is 10.6 Å². The number of rotatable bonds is 4. The third-order valence-electron chi connectivity index (χ3n) is 2.19. The van der Waals surface area contributed by atoms with Crippen LogP contribution in [0.3, 0.4) is 0 Å². The number of benzene rings is 1. The Hall–Kier alpha value is -2.15. The quantitative estimate of drug-likeness (QED) is 0.426. The summed E-state index contributed by atoms with van der Waals surface area (Å²) in [5.74, 6) is -0.721. The lowest BCUT2D eigenvalue weighted by Crippen LogP contribution is -2.40. The monoisotopic (exact) mass is 281 g/mol. The van der Waals surface area contributed by atoms with Crippen molar-refractivity contribution in [3.8, 4) is 0 Å². The number of amides is 1. The van der Waals surface area contributed by atoms with Gasteiger partial charge in [0.1, 0.15) is 0 Å². The zero-order valence-electron chi connectivity index (χ0n) is 10.4. The van der Waals surface area contributed by atoms with Crippen LogP contribution in [0, 0.1) is 5.41 Å². The van der Waals surface area contributed by atoms with Crippen molar-refractivity contribution in [2.75, 3.05) is 12.8 Å². The van der Waals surface area contributed by atoms with E-state index in [0.717, 1.165) is 6.26 Å². The largest absolute Gasteiger partial charge is 0.353 e. The SMILES string of the molecule is C=CCNC(=N)NC(=O)c1cccc(S(C)(=O)=O)c1. The Labute approximate surface area is 112 Å². The normalized spacial score (nSPS) is 10.6. The highest BCUT2D eigenvalue weighted by Gasteiger charge is 2.12. The molecule has 1 amide bonds. The average molecular weight is 281 g/mol. The topological polar surface area (TPSA) is 99.1 Å². The molecule has 0 unspecified atom stereocenters.